The summed E-state index contributed by atoms with van der Waals surface area (Å²) in [6, 6.07) is 8.26. The molecule has 0 unspecified atom stereocenters. The van der Waals surface area contributed by atoms with Gasteiger partial charge in [-0.2, -0.15) is 4.37 Å². The van der Waals surface area contributed by atoms with Gasteiger partial charge in [0, 0.05) is 43.0 Å². The number of carbonyl (C=O) groups excluding carboxylic acids is 1. The Morgan fingerprint density at radius 1 is 1.20 bits per heavy atom. The predicted octanol–water partition coefficient (Wildman–Crippen LogP) is 2.81. The molecule has 9 heteroatoms. The maximum absolute atomic E-state index is 11.7. The lowest BCUT2D eigenvalue weighted by atomic mass is 9.96. The van der Waals surface area contributed by atoms with E-state index in [1.807, 2.05) is 10.6 Å². The molecule has 0 aliphatic carbocycles. The summed E-state index contributed by atoms with van der Waals surface area (Å²) >= 11 is 1.56. The third-order valence-electron chi connectivity index (χ3n) is 5.52. The van der Waals surface area contributed by atoms with Crippen molar-refractivity contribution in [1.29, 1.82) is 0 Å². The van der Waals surface area contributed by atoms with Gasteiger partial charge in [0.25, 0.3) is 5.91 Å². The molecule has 0 spiro atoms. The van der Waals surface area contributed by atoms with Crippen LogP contribution in [0.1, 0.15) is 40.8 Å². The van der Waals surface area contributed by atoms with Gasteiger partial charge in [-0.1, -0.05) is 12.1 Å². The number of piperidine rings is 1. The third kappa shape index (κ3) is 3.52. The summed E-state index contributed by atoms with van der Waals surface area (Å²) in [5.74, 6) is 0.635. The Hall–Kier alpha value is -3.33. The minimum absolute atomic E-state index is 0.255. The molecule has 1 saturated heterocycles. The first-order chi connectivity index (χ1) is 14.7. The summed E-state index contributed by atoms with van der Waals surface area (Å²) in [4.78, 5) is 27.2. The van der Waals surface area contributed by atoms with Gasteiger partial charge in [-0.15, -0.1) is 0 Å². The summed E-state index contributed by atoms with van der Waals surface area (Å²) in [6.45, 7) is 2.35. The summed E-state index contributed by atoms with van der Waals surface area (Å²) < 4.78 is 6.57. The molecule has 1 fully saturated rings. The van der Waals surface area contributed by atoms with Crippen molar-refractivity contribution in [3.8, 4) is 0 Å². The smallest absolute Gasteiger partial charge is 0.268 e. The first kappa shape index (κ1) is 18.7. The summed E-state index contributed by atoms with van der Waals surface area (Å²) in [5, 5.41) is 2.44. The summed E-state index contributed by atoms with van der Waals surface area (Å²) in [7, 11) is 0. The molecule has 0 bridgehead atoms. The minimum Gasteiger partial charge on any atom is -0.364 e. The maximum atomic E-state index is 11.7. The van der Waals surface area contributed by atoms with Crippen molar-refractivity contribution < 1.29 is 4.79 Å². The van der Waals surface area contributed by atoms with Gasteiger partial charge in [0.15, 0.2) is 0 Å². The van der Waals surface area contributed by atoms with Crippen molar-refractivity contribution in [2.75, 3.05) is 18.0 Å². The average Bonchev–Trinajstić information content (AvgIpc) is 3.39. The highest BCUT2D eigenvalue weighted by Gasteiger charge is 2.27. The van der Waals surface area contributed by atoms with E-state index in [0.29, 0.717) is 12.2 Å². The number of primary amides is 1. The Bertz CT molecular complexity index is 1180. The van der Waals surface area contributed by atoms with Crippen LogP contribution in [-0.4, -0.2) is 42.9 Å². The second-order valence-electron chi connectivity index (χ2n) is 7.44. The molecule has 1 aliphatic rings. The lowest BCUT2D eigenvalue weighted by Gasteiger charge is -2.32. The quantitative estimate of drug-likeness (QED) is 0.534. The zero-order chi connectivity index (χ0) is 20.5. The van der Waals surface area contributed by atoms with Crippen LogP contribution in [-0.2, 0) is 6.54 Å². The normalized spacial score (nSPS) is 15.0. The Balaban J connectivity index is 1.37. The standard InChI is InChI=1S/C21H21N7OS/c22-19(29)18-13-28(12-15-11-23-7-8-24-15)20(25-18)14-5-9-27(10-6-14)21-16-3-1-2-4-17(16)26-30-21/h1-4,7-8,11,13-14H,5-6,9-10,12H2,(H2,22,29). The van der Waals surface area contributed by atoms with Crippen molar-refractivity contribution in [3.05, 3.63) is 66.3 Å². The van der Waals surface area contributed by atoms with Crippen molar-refractivity contribution in [3.63, 3.8) is 0 Å². The molecular weight excluding hydrogens is 398 g/mol. The number of benzene rings is 1. The number of carbonyl (C=O) groups is 1. The zero-order valence-corrected chi connectivity index (χ0v) is 17.1. The van der Waals surface area contributed by atoms with Crippen molar-refractivity contribution in [1.82, 2.24) is 23.9 Å². The van der Waals surface area contributed by atoms with Gasteiger partial charge >= 0.3 is 0 Å². The van der Waals surface area contributed by atoms with Crippen molar-refractivity contribution >= 4 is 33.3 Å². The van der Waals surface area contributed by atoms with Gasteiger partial charge < -0.3 is 15.2 Å². The van der Waals surface area contributed by atoms with Crippen LogP contribution in [0, 0.1) is 0 Å². The predicted molar refractivity (Wildman–Crippen MR) is 116 cm³/mol. The Morgan fingerprint density at radius 2 is 2.03 bits per heavy atom. The largest absolute Gasteiger partial charge is 0.364 e. The molecular formula is C21H21N7OS. The SMILES string of the molecule is NC(=O)c1cn(Cc2cnccn2)c(C2CCN(c3snc4ccccc34)CC2)n1. The number of nitrogens with two attached hydrogens (primary N) is 1. The van der Waals surface area contributed by atoms with Crippen LogP contribution in [0.5, 0.6) is 0 Å². The van der Waals surface area contributed by atoms with Crippen LogP contribution >= 0.6 is 11.5 Å². The number of anilines is 1. The number of nitrogens with zero attached hydrogens (tertiary/aromatic N) is 6. The summed E-state index contributed by atoms with van der Waals surface area (Å²) in [6.07, 6.45) is 8.66. The number of aromatic nitrogens is 5. The fourth-order valence-corrected chi connectivity index (χ4v) is 4.95. The van der Waals surface area contributed by atoms with Crippen molar-refractivity contribution in [2.45, 2.75) is 25.3 Å². The van der Waals surface area contributed by atoms with E-state index in [1.165, 1.54) is 10.4 Å². The molecule has 5 rings (SSSR count). The van der Waals surface area contributed by atoms with Crippen LogP contribution in [0.2, 0.25) is 0 Å². The molecule has 0 saturated carbocycles. The molecule has 4 aromatic rings. The van der Waals surface area contributed by atoms with Crippen molar-refractivity contribution in [2.24, 2.45) is 5.73 Å². The van der Waals surface area contributed by atoms with E-state index in [2.05, 4.69) is 42.4 Å². The molecule has 8 nitrogen and oxygen atoms in total. The molecule has 0 radical (unpaired) electrons. The van der Waals surface area contributed by atoms with Gasteiger partial charge in [-0.25, -0.2) is 4.98 Å². The fraction of sp³-hybridized carbons (Fsp3) is 0.286. The van der Waals surface area contributed by atoms with Crippen LogP contribution < -0.4 is 10.6 Å². The maximum Gasteiger partial charge on any atom is 0.268 e. The molecule has 4 heterocycles. The first-order valence-corrected chi connectivity index (χ1v) is 10.7. The van der Waals surface area contributed by atoms with Gasteiger partial charge in [0.2, 0.25) is 0 Å². The number of amides is 1. The van der Waals surface area contributed by atoms with E-state index >= 15 is 0 Å². The zero-order valence-electron chi connectivity index (χ0n) is 16.3. The lowest BCUT2D eigenvalue weighted by molar-refractivity contribution is 0.0995. The minimum atomic E-state index is -0.511. The van der Waals surface area contributed by atoms with E-state index < -0.39 is 5.91 Å². The van der Waals surface area contributed by atoms with E-state index in [4.69, 9.17) is 5.73 Å². The van der Waals surface area contributed by atoms with Crippen LogP contribution in [0.4, 0.5) is 5.00 Å². The van der Waals surface area contributed by atoms with E-state index in [1.54, 1.807) is 36.3 Å². The second-order valence-corrected chi connectivity index (χ2v) is 8.19. The van der Waals surface area contributed by atoms with Gasteiger partial charge in [0.1, 0.15) is 16.5 Å². The molecule has 30 heavy (non-hydrogen) atoms. The van der Waals surface area contributed by atoms with Crippen LogP contribution in [0.3, 0.4) is 0 Å². The molecule has 1 aromatic carbocycles. The monoisotopic (exact) mass is 419 g/mol. The highest BCUT2D eigenvalue weighted by molar-refractivity contribution is 7.11. The molecule has 1 amide bonds. The Morgan fingerprint density at radius 3 is 2.80 bits per heavy atom. The van der Waals surface area contributed by atoms with Gasteiger partial charge in [-0.05, 0) is 36.5 Å². The lowest BCUT2D eigenvalue weighted by Crippen LogP contribution is -2.33. The molecule has 3 aromatic heterocycles. The molecule has 152 valence electrons. The van der Waals surface area contributed by atoms with E-state index in [-0.39, 0.29) is 5.92 Å². The highest BCUT2D eigenvalue weighted by atomic mass is 32.1. The highest BCUT2D eigenvalue weighted by Crippen LogP contribution is 2.36. The number of fused-ring (bicyclic) bond motifs is 1. The first-order valence-electron chi connectivity index (χ1n) is 9.90. The molecule has 0 atom stereocenters. The average molecular weight is 420 g/mol. The van der Waals surface area contributed by atoms with Gasteiger partial charge in [-0.3, -0.25) is 14.8 Å². The van der Waals surface area contributed by atoms with Crippen LogP contribution in [0.25, 0.3) is 10.9 Å². The molecule has 1 aliphatic heterocycles. The van der Waals surface area contributed by atoms with Crippen LogP contribution in [0.15, 0.2) is 49.1 Å². The topological polar surface area (TPSA) is 103 Å². The number of imidazole rings is 1. The third-order valence-corrected chi connectivity index (χ3v) is 6.46. The Kier molecular flexibility index (Phi) is 4.88. The number of hydrogen-bond acceptors (Lipinski definition) is 7. The fourth-order valence-electron chi connectivity index (χ4n) is 4.03. The molecule has 2 N–H and O–H groups in total. The number of rotatable bonds is 5. The summed E-state index contributed by atoms with van der Waals surface area (Å²) in [5.41, 5.74) is 7.66. The van der Waals surface area contributed by atoms with E-state index in [9.17, 15) is 4.79 Å². The van der Waals surface area contributed by atoms with Gasteiger partial charge in [0.05, 0.1) is 24.0 Å². The second kappa shape index (κ2) is 7.83. The Labute approximate surface area is 177 Å². The van der Waals surface area contributed by atoms with E-state index in [0.717, 1.165) is 43.0 Å². The number of hydrogen-bond donors (Lipinski definition) is 1.